The lowest BCUT2D eigenvalue weighted by Gasteiger charge is -2.33. The highest BCUT2D eigenvalue weighted by Crippen LogP contribution is 2.28. The van der Waals surface area contributed by atoms with Crippen LogP contribution in [0.1, 0.15) is 61.9 Å². The Morgan fingerprint density at radius 2 is 1.66 bits per heavy atom. The van der Waals surface area contributed by atoms with Crippen LogP contribution in [0.15, 0.2) is 42.5 Å². The fourth-order valence-electron chi connectivity index (χ4n) is 4.63. The Bertz CT molecular complexity index is 1280. The van der Waals surface area contributed by atoms with Gasteiger partial charge in [-0.15, -0.1) is 0 Å². The summed E-state index contributed by atoms with van der Waals surface area (Å²) in [6.07, 6.45) is 5.09. The molecule has 1 fully saturated rings. The summed E-state index contributed by atoms with van der Waals surface area (Å²) >= 11 is 12.8. The molecule has 0 radical (unpaired) electrons. The molecular weight excluding hydrogens is 549 g/mol. The second-order valence-corrected chi connectivity index (χ2v) is 12.2. The Hall–Kier alpha value is -2.62. The molecule has 1 aliphatic carbocycles. The predicted octanol–water partition coefficient (Wildman–Crippen LogP) is 4.83. The van der Waals surface area contributed by atoms with E-state index in [0.717, 1.165) is 36.2 Å². The third-order valence-electron chi connectivity index (χ3n) is 6.70. The van der Waals surface area contributed by atoms with Crippen molar-refractivity contribution >= 4 is 56.5 Å². The molecule has 2 amide bonds. The van der Waals surface area contributed by atoms with E-state index < -0.39 is 28.5 Å². The zero-order valence-corrected chi connectivity index (χ0v) is 24.1. The molecule has 38 heavy (non-hydrogen) atoms. The van der Waals surface area contributed by atoms with E-state index in [1.165, 1.54) is 24.0 Å². The molecule has 0 saturated heterocycles. The van der Waals surface area contributed by atoms with Gasteiger partial charge in [0.2, 0.25) is 21.8 Å². The van der Waals surface area contributed by atoms with Gasteiger partial charge in [0.05, 0.1) is 11.9 Å². The number of Topliss-reactive ketones (excluding diaryl/α,β-unsaturated/α-hetero) is 1. The first-order valence-electron chi connectivity index (χ1n) is 12.5. The summed E-state index contributed by atoms with van der Waals surface area (Å²) in [6, 6.07) is 10.2. The second-order valence-electron chi connectivity index (χ2n) is 9.51. The first-order valence-corrected chi connectivity index (χ1v) is 15.1. The molecular formula is C27H33Cl2N3O5S. The third-order valence-corrected chi connectivity index (χ3v) is 8.55. The first-order chi connectivity index (χ1) is 17.9. The number of nitrogens with one attached hydrogen (secondary N) is 1. The standard InChI is InChI=1S/C27H33Cl2N3O5S/c1-4-25(27(35)30-20-10-5-6-11-20)31(16-22-23(28)13-8-14-24(22)29)26(34)17-32(38(3,36)37)21-12-7-9-19(15-21)18(2)33/h7-9,12-15,20,25H,4-6,10-11,16-17H2,1-3H3,(H,30,35). The number of nitrogens with zero attached hydrogens (tertiary/aromatic N) is 2. The van der Waals surface area contributed by atoms with E-state index in [2.05, 4.69) is 5.32 Å². The van der Waals surface area contributed by atoms with Crippen LogP contribution in [0.5, 0.6) is 0 Å². The highest BCUT2D eigenvalue weighted by molar-refractivity contribution is 7.92. The van der Waals surface area contributed by atoms with E-state index in [4.69, 9.17) is 23.2 Å². The van der Waals surface area contributed by atoms with E-state index in [9.17, 15) is 22.8 Å². The molecule has 8 nitrogen and oxygen atoms in total. The van der Waals surface area contributed by atoms with Gasteiger partial charge in [-0.05, 0) is 50.5 Å². The molecule has 1 aliphatic rings. The van der Waals surface area contributed by atoms with Crippen molar-refractivity contribution in [2.24, 2.45) is 0 Å². The lowest BCUT2D eigenvalue weighted by atomic mass is 10.1. The Morgan fingerprint density at radius 3 is 2.21 bits per heavy atom. The lowest BCUT2D eigenvalue weighted by molar-refractivity contribution is -0.140. The Morgan fingerprint density at radius 1 is 1.05 bits per heavy atom. The molecule has 1 saturated carbocycles. The molecule has 2 aromatic carbocycles. The van der Waals surface area contributed by atoms with Crippen LogP contribution in [0.3, 0.4) is 0 Å². The van der Waals surface area contributed by atoms with E-state index >= 15 is 0 Å². The van der Waals surface area contributed by atoms with Crippen molar-refractivity contribution in [2.45, 2.75) is 64.6 Å². The molecule has 1 atom stereocenters. The van der Waals surface area contributed by atoms with E-state index in [1.807, 2.05) is 0 Å². The van der Waals surface area contributed by atoms with Crippen LogP contribution in [-0.4, -0.2) is 55.8 Å². The second kappa shape index (κ2) is 13.0. The smallest absolute Gasteiger partial charge is 0.244 e. The molecule has 1 unspecified atom stereocenters. The fourth-order valence-corrected chi connectivity index (χ4v) is 5.99. The molecule has 3 rings (SSSR count). The van der Waals surface area contributed by atoms with E-state index in [1.54, 1.807) is 37.3 Å². The Balaban J connectivity index is 1.99. The topological polar surface area (TPSA) is 104 Å². The van der Waals surface area contributed by atoms with Crippen molar-refractivity contribution < 1.29 is 22.8 Å². The molecule has 206 valence electrons. The van der Waals surface area contributed by atoms with Crippen LogP contribution in [0, 0.1) is 0 Å². The van der Waals surface area contributed by atoms with Gasteiger partial charge in [-0.25, -0.2) is 8.42 Å². The monoisotopic (exact) mass is 581 g/mol. The summed E-state index contributed by atoms with van der Waals surface area (Å²) in [5, 5.41) is 3.71. The number of amides is 2. The van der Waals surface area contributed by atoms with Gasteiger partial charge in [0, 0.05) is 33.8 Å². The quantitative estimate of drug-likeness (QED) is 0.383. The number of rotatable bonds is 11. The number of benzene rings is 2. The van der Waals surface area contributed by atoms with Crippen molar-refractivity contribution in [1.29, 1.82) is 0 Å². The largest absolute Gasteiger partial charge is 0.352 e. The Kier molecular flexibility index (Phi) is 10.2. The number of carbonyl (C=O) groups is 3. The zero-order chi connectivity index (χ0) is 28.0. The van der Waals surface area contributed by atoms with Crippen molar-refractivity contribution in [1.82, 2.24) is 10.2 Å². The van der Waals surface area contributed by atoms with Gasteiger partial charge in [0.1, 0.15) is 12.6 Å². The molecule has 2 aromatic rings. The minimum atomic E-state index is -3.93. The number of hydrogen-bond acceptors (Lipinski definition) is 5. The van der Waals surface area contributed by atoms with Crippen LogP contribution < -0.4 is 9.62 Å². The normalized spacial score (nSPS) is 14.7. The minimum Gasteiger partial charge on any atom is -0.352 e. The minimum absolute atomic E-state index is 0.0410. The zero-order valence-electron chi connectivity index (χ0n) is 21.7. The van der Waals surface area contributed by atoms with Gasteiger partial charge in [0.15, 0.2) is 5.78 Å². The number of ketones is 1. The highest BCUT2D eigenvalue weighted by atomic mass is 35.5. The highest BCUT2D eigenvalue weighted by Gasteiger charge is 2.33. The van der Waals surface area contributed by atoms with Crippen molar-refractivity contribution in [3.05, 3.63) is 63.6 Å². The van der Waals surface area contributed by atoms with E-state index in [-0.39, 0.29) is 30.0 Å². The first kappa shape index (κ1) is 29.9. The van der Waals surface area contributed by atoms with Crippen molar-refractivity contribution in [3.8, 4) is 0 Å². The summed E-state index contributed by atoms with van der Waals surface area (Å²) in [6.45, 7) is 2.51. The molecule has 0 heterocycles. The van der Waals surface area contributed by atoms with Crippen LogP contribution in [-0.2, 0) is 26.2 Å². The van der Waals surface area contributed by atoms with Crippen LogP contribution in [0.25, 0.3) is 0 Å². The van der Waals surface area contributed by atoms with Gasteiger partial charge in [-0.2, -0.15) is 0 Å². The summed E-state index contributed by atoms with van der Waals surface area (Å²) in [7, 11) is -3.93. The summed E-state index contributed by atoms with van der Waals surface area (Å²) in [5.74, 6) is -1.15. The number of anilines is 1. The molecule has 0 aliphatic heterocycles. The summed E-state index contributed by atoms with van der Waals surface area (Å²) < 4.78 is 26.5. The third kappa shape index (κ3) is 7.48. The van der Waals surface area contributed by atoms with Crippen LogP contribution in [0.2, 0.25) is 10.0 Å². The number of hydrogen-bond donors (Lipinski definition) is 1. The fraction of sp³-hybridized carbons (Fsp3) is 0.444. The van der Waals surface area contributed by atoms with Gasteiger partial charge in [0.25, 0.3) is 0 Å². The van der Waals surface area contributed by atoms with E-state index in [0.29, 0.717) is 27.6 Å². The average Bonchev–Trinajstić information content (AvgIpc) is 3.36. The van der Waals surface area contributed by atoms with Gasteiger partial charge >= 0.3 is 0 Å². The SMILES string of the molecule is CCC(C(=O)NC1CCCC1)N(Cc1c(Cl)cccc1Cl)C(=O)CN(c1cccc(C(C)=O)c1)S(C)(=O)=O. The van der Waals surface area contributed by atoms with Crippen molar-refractivity contribution in [3.63, 3.8) is 0 Å². The summed E-state index contributed by atoms with van der Waals surface area (Å²) in [4.78, 5) is 40.5. The Labute approximate surface area is 234 Å². The lowest BCUT2D eigenvalue weighted by Crippen LogP contribution is -2.53. The molecule has 0 spiro atoms. The molecule has 0 bridgehead atoms. The van der Waals surface area contributed by atoms with Gasteiger partial charge in [-0.3, -0.25) is 18.7 Å². The molecule has 0 aromatic heterocycles. The predicted molar refractivity (Wildman–Crippen MR) is 150 cm³/mol. The maximum atomic E-state index is 13.8. The molecule has 11 heteroatoms. The van der Waals surface area contributed by atoms with Crippen LogP contribution in [0.4, 0.5) is 5.69 Å². The maximum Gasteiger partial charge on any atom is 0.244 e. The number of sulfonamides is 1. The van der Waals surface area contributed by atoms with Gasteiger partial charge in [-0.1, -0.05) is 61.2 Å². The van der Waals surface area contributed by atoms with Crippen LogP contribution >= 0.6 is 23.2 Å². The maximum absolute atomic E-state index is 13.8. The molecule has 1 N–H and O–H groups in total. The van der Waals surface area contributed by atoms with Gasteiger partial charge < -0.3 is 10.2 Å². The van der Waals surface area contributed by atoms with Crippen molar-refractivity contribution in [2.75, 3.05) is 17.1 Å². The number of halogens is 2. The summed E-state index contributed by atoms with van der Waals surface area (Å²) in [5.41, 5.74) is 0.944. The number of carbonyl (C=O) groups excluding carboxylic acids is 3. The average molecular weight is 583 g/mol.